The van der Waals surface area contributed by atoms with Gasteiger partial charge in [-0.1, -0.05) is 48.5 Å². The van der Waals surface area contributed by atoms with Gasteiger partial charge in [-0.05, 0) is 11.6 Å². The van der Waals surface area contributed by atoms with Gasteiger partial charge in [-0.3, -0.25) is 14.2 Å². The summed E-state index contributed by atoms with van der Waals surface area (Å²) in [6.07, 6.45) is 1.39. The number of aromatic nitrogens is 2. The second-order valence-corrected chi connectivity index (χ2v) is 7.57. The highest BCUT2D eigenvalue weighted by molar-refractivity contribution is 7.17. The van der Waals surface area contributed by atoms with Crippen LogP contribution in [-0.2, 0) is 17.9 Å². The van der Waals surface area contributed by atoms with Crippen LogP contribution in [0.1, 0.15) is 5.56 Å². The summed E-state index contributed by atoms with van der Waals surface area (Å²) in [7, 11) is 1.59. The Hall–Kier alpha value is -3.32. The molecule has 4 aromatic rings. The number of amides is 1. The van der Waals surface area contributed by atoms with Crippen LogP contribution in [0.2, 0.25) is 0 Å². The smallest absolute Gasteiger partial charge is 0.263 e. The van der Waals surface area contributed by atoms with Crippen LogP contribution in [0, 0.1) is 5.82 Å². The molecule has 0 aliphatic carbocycles. The van der Waals surface area contributed by atoms with Gasteiger partial charge in [-0.15, -0.1) is 11.3 Å². The minimum atomic E-state index is -0.363. The van der Waals surface area contributed by atoms with Crippen LogP contribution in [0.4, 0.5) is 4.39 Å². The van der Waals surface area contributed by atoms with E-state index < -0.39 is 0 Å². The zero-order chi connectivity index (χ0) is 20.4. The van der Waals surface area contributed by atoms with Crippen molar-refractivity contribution >= 4 is 27.5 Å². The molecule has 0 N–H and O–H groups in total. The van der Waals surface area contributed by atoms with Gasteiger partial charge in [0.1, 0.15) is 17.2 Å². The van der Waals surface area contributed by atoms with E-state index >= 15 is 0 Å². The molecule has 0 atom stereocenters. The summed E-state index contributed by atoms with van der Waals surface area (Å²) in [6.45, 7) is -0.0273. The Balaban J connectivity index is 1.61. The SMILES string of the molecule is CN(Cc1ccccc1F)C(=O)Cn1cnc2scc(-c3ccccc3)c2c1=O. The molecule has 0 aliphatic rings. The molecule has 0 saturated heterocycles. The number of hydrogen-bond donors (Lipinski definition) is 0. The molecule has 2 heterocycles. The third kappa shape index (κ3) is 3.82. The third-order valence-electron chi connectivity index (χ3n) is 4.74. The Morgan fingerprint density at radius 1 is 1.14 bits per heavy atom. The molecule has 0 saturated carbocycles. The molecule has 0 spiro atoms. The van der Waals surface area contributed by atoms with Crippen molar-refractivity contribution in [1.82, 2.24) is 14.5 Å². The summed E-state index contributed by atoms with van der Waals surface area (Å²) >= 11 is 1.40. The zero-order valence-corrected chi connectivity index (χ0v) is 16.5. The van der Waals surface area contributed by atoms with E-state index in [4.69, 9.17) is 0 Å². The third-order valence-corrected chi connectivity index (χ3v) is 5.63. The van der Waals surface area contributed by atoms with E-state index in [1.165, 1.54) is 33.2 Å². The Kier molecular flexibility index (Phi) is 5.22. The first kappa shape index (κ1) is 19.0. The molecule has 7 heteroatoms. The highest BCUT2D eigenvalue weighted by Gasteiger charge is 2.17. The summed E-state index contributed by atoms with van der Waals surface area (Å²) in [5, 5.41) is 2.42. The van der Waals surface area contributed by atoms with E-state index in [1.54, 1.807) is 25.2 Å². The second kappa shape index (κ2) is 7.97. The quantitative estimate of drug-likeness (QED) is 0.504. The second-order valence-electron chi connectivity index (χ2n) is 6.71. The van der Waals surface area contributed by atoms with Crippen molar-refractivity contribution in [3.63, 3.8) is 0 Å². The van der Waals surface area contributed by atoms with Crippen LogP contribution < -0.4 is 5.56 Å². The maximum Gasteiger partial charge on any atom is 0.263 e. The maximum absolute atomic E-state index is 13.8. The molecular formula is C22H18FN3O2S. The fourth-order valence-corrected chi connectivity index (χ4v) is 4.05. The first-order valence-electron chi connectivity index (χ1n) is 9.04. The lowest BCUT2D eigenvalue weighted by Gasteiger charge is -2.18. The van der Waals surface area contributed by atoms with Gasteiger partial charge >= 0.3 is 0 Å². The van der Waals surface area contributed by atoms with Gasteiger partial charge in [0.15, 0.2) is 0 Å². The van der Waals surface area contributed by atoms with Gasteiger partial charge in [-0.25, -0.2) is 9.37 Å². The Morgan fingerprint density at radius 3 is 2.62 bits per heavy atom. The number of benzene rings is 2. The van der Waals surface area contributed by atoms with Gasteiger partial charge in [0.25, 0.3) is 5.56 Å². The Bertz CT molecular complexity index is 1230. The normalized spacial score (nSPS) is 11.0. The highest BCUT2D eigenvalue weighted by atomic mass is 32.1. The molecule has 2 aromatic carbocycles. The van der Waals surface area contributed by atoms with E-state index in [1.807, 2.05) is 35.7 Å². The van der Waals surface area contributed by atoms with Crippen LogP contribution in [0.5, 0.6) is 0 Å². The van der Waals surface area contributed by atoms with E-state index in [0.29, 0.717) is 15.8 Å². The molecule has 29 heavy (non-hydrogen) atoms. The van der Waals surface area contributed by atoms with Crippen molar-refractivity contribution in [3.05, 3.63) is 88.0 Å². The number of likely N-dealkylation sites (N-methyl/N-ethyl adjacent to an activating group) is 1. The first-order valence-corrected chi connectivity index (χ1v) is 9.92. The molecule has 146 valence electrons. The average molecular weight is 407 g/mol. The fourth-order valence-electron chi connectivity index (χ4n) is 3.15. The number of carbonyl (C=O) groups is 1. The largest absolute Gasteiger partial charge is 0.340 e. The average Bonchev–Trinajstić information content (AvgIpc) is 3.17. The molecule has 0 fully saturated rings. The summed E-state index contributed by atoms with van der Waals surface area (Å²) in [6, 6.07) is 15.9. The Labute approximate surface area is 170 Å². The predicted molar refractivity (Wildman–Crippen MR) is 112 cm³/mol. The van der Waals surface area contributed by atoms with Crippen molar-refractivity contribution in [2.24, 2.45) is 0 Å². The lowest BCUT2D eigenvalue weighted by molar-refractivity contribution is -0.131. The van der Waals surface area contributed by atoms with E-state index in [2.05, 4.69) is 4.98 Å². The number of carbonyl (C=O) groups excluding carboxylic acids is 1. The topological polar surface area (TPSA) is 55.2 Å². The highest BCUT2D eigenvalue weighted by Crippen LogP contribution is 2.30. The lowest BCUT2D eigenvalue weighted by atomic mass is 10.1. The molecular weight excluding hydrogens is 389 g/mol. The summed E-state index contributed by atoms with van der Waals surface area (Å²) in [5.41, 5.74) is 1.90. The number of thiophene rings is 1. The number of halogens is 1. The van der Waals surface area contributed by atoms with E-state index in [-0.39, 0.29) is 30.4 Å². The molecule has 0 bridgehead atoms. The van der Waals surface area contributed by atoms with E-state index in [0.717, 1.165) is 11.1 Å². The van der Waals surface area contributed by atoms with Crippen molar-refractivity contribution in [2.75, 3.05) is 7.05 Å². The molecule has 4 rings (SSSR count). The molecule has 1 amide bonds. The predicted octanol–water partition coefficient (Wildman–Crippen LogP) is 3.92. The first-order chi connectivity index (χ1) is 14.0. The fraction of sp³-hybridized carbons (Fsp3) is 0.136. The van der Waals surface area contributed by atoms with E-state index in [9.17, 15) is 14.0 Å². The zero-order valence-electron chi connectivity index (χ0n) is 15.7. The summed E-state index contributed by atoms with van der Waals surface area (Å²) in [4.78, 5) is 32.1. The van der Waals surface area contributed by atoms with Crippen molar-refractivity contribution in [3.8, 4) is 11.1 Å². The van der Waals surface area contributed by atoms with Gasteiger partial charge in [0, 0.05) is 30.1 Å². The molecule has 2 aromatic heterocycles. The summed E-state index contributed by atoms with van der Waals surface area (Å²) in [5.74, 6) is -0.661. The van der Waals surface area contributed by atoms with Crippen molar-refractivity contribution in [1.29, 1.82) is 0 Å². The van der Waals surface area contributed by atoms with Gasteiger partial charge in [0.2, 0.25) is 5.91 Å². The van der Waals surface area contributed by atoms with Crippen LogP contribution in [-0.4, -0.2) is 27.4 Å². The number of rotatable bonds is 5. The number of hydrogen-bond acceptors (Lipinski definition) is 4. The van der Waals surface area contributed by atoms with Crippen LogP contribution in [0.15, 0.2) is 71.1 Å². The minimum Gasteiger partial charge on any atom is -0.340 e. The summed E-state index contributed by atoms with van der Waals surface area (Å²) < 4.78 is 15.2. The standard InChI is InChI=1S/C22H18FN3O2S/c1-25(11-16-9-5-6-10-18(16)23)19(27)12-26-14-24-21-20(22(26)28)17(13-29-21)15-7-3-2-4-8-15/h2-10,13-14H,11-12H2,1H3. The minimum absolute atomic E-state index is 0.129. The molecule has 0 aliphatic heterocycles. The van der Waals surface area contributed by atoms with Crippen molar-refractivity contribution < 1.29 is 9.18 Å². The molecule has 5 nitrogen and oxygen atoms in total. The van der Waals surface area contributed by atoms with Gasteiger partial charge in [0.05, 0.1) is 11.7 Å². The lowest BCUT2D eigenvalue weighted by Crippen LogP contribution is -2.33. The van der Waals surface area contributed by atoms with Crippen LogP contribution >= 0.6 is 11.3 Å². The Morgan fingerprint density at radius 2 is 1.86 bits per heavy atom. The number of nitrogens with zero attached hydrogens (tertiary/aromatic N) is 3. The van der Waals surface area contributed by atoms with Crippen molar-refractivity contribution in [2.45, 2.75) is 13.1 Å². The molecule has 0 radical (unpaired) electrons. The monoisotopic (exact) mass is 407 g/mol. The molecule has 0 unspecified atom stereocenters. The van der Waals surface area contributed by atoms with Gasteiger partial charge < -0.3 is 4.90 Å². The van der Waals surface area contributed by atoms with Gasteiger partial charge in [-0.2, -0.15) is 0 Å². The maximum atomic E-state index is 13.8. The van der Waals surface area contributed by atoms with Crippen LogP contribution in [0.3, 0.4) is 0 Å². The van der Waals surface area contributed by atoms with Crippen LogP contribution in [0.25, 0.3) is 21.3 Å². The number of fused-ring (bicyclic) bond motifs is 1.